The number of hydrogen-bond donors (Lipinski definition) is 0. The highest BCUT2D eigenvalue weighted by molar-refractivity contribution is 7.87. The van der Waals surface area contributed by atoms with Gasteiger partial charge in [-0.3, -0.25) is 9.36 Å². The Morgan fingerprint density at radius 2 is 1.53 bits per heavy atom. The van der Waals surface area contributed by atoms with E-state index in [1.165, 1.54) is 19.6 Å². The number of carbonyl (C=O) groups excluding carboxylic acids is 1. The highest BCUT2D eigenvalue weighted by Gasteiger charge is 2.65. The third-order valence-corrected chi connectivity index (χ3v) is 15.9. The van der Waals surface area contributed by atoms with Crippen LogP contribution in [0.2, 0.25) is 10.1 Å². The number of ether oxygens (including phenoxy) is 2. The summed E-state index contributed by atoms with van der Waals surface area (Å²) in [6, 6.07) is 3.91. The average Bonchev–Trinajstić information content (AvgIpc) is 3.56. The van der Waals surface area contributed by atoms with Crippen molar-refractivity contribution in [2.24, 2.45) is 0 Å². The van der Waals surface area contributed by atoms with Crippen molar-refractivity contribution in [3.63, 3.8) is 0 Å². The smallest absolute Gasteiger partial charge is 0.349 e. The van der Waals surface area contributed by atoms with E-state index >= 15 is 0 Å². The first-order chi connectivity index (χ1) is 22.6. The molecule has 4 atom stereocenters. The van der Waals surface area contributed by atoms with E-state index in [-0.39, 0.29) is 56.4 Å². The van der Waals surface area contributed by atoms with Gasteiger partial charge in [0.05, 0.1) is 12.9 Å². The summed E-state index contributed by atoms with van der Waals surface area (Å²) in [5.74, 6) is -0.659. The zero-order valence-corrected chi connectivity index (χ0v) is 32.8. The van der Waals surface area contributed by atoms with Crippen molar-refractivity contribution in [3.8, 4) is 5.88 Å². The number of rotatable bonds is 8. The first kappa shape index (κ1) is 37.3. The molecule has 2 aliphatic heterocycles. The molecule has 2 saturated heterocycles. The maximum absolute atomic E-state index is 14.2. The number of hydrogen-bond acceptors (Lipinski definition) is 11. The molecule has 1 aromatic carbocycles. The Morgan fingerprint density at radius 1 is 0.939 bits per heavy atom. The monoisotopic (exact) mass is 716 g/mol. The van der Waals surface area contributed by atoms with Crippen LogP contribution in [-0.2, 0) is 33.2 Å². The van der Waals surface area contributed by atoms with E-state index in [1.807, 2.05) is 39.8 Å². The number of benzene rings is 1. The minimum Gasteiger partial charge on any atom is -0.455 e. The highest BCUT2D eigenvalue weighted by Crippen LogP contribution is 2.56. The second-order valence-corrected chi connectivity index (χ2v) is 22.4. The lowest BCUT2D eigenvalue weighted by Gasteiger charge is -2.53. The van der Waals surface area contributed by atoms with Crippen molar-refractivity contribution >= 4 is 35.8 Å². The fourth-order valence-corrected chi connectivity index (χ4v) is 13.8. The Bertz CT molecular complexity index is 1780. The molecule has 2 aliphatic rings. The lowest BCUT2D eigenvalue weighted by molar-refractivity contribution is -0.155. The van der Waals surface area contributed by atoms with Gasteiger partial charge in [0.2, 0.25) is 0 Å². The van der Waals surface area contributed by atoms with Crippen molar-refractivity contribution in [1.82, 2.24) is 19.5 Å². The van der Waals surface area contributed by atoms with E-state index in [9.17, 15) is 13.2 Å². The molecule has 0 saturated carbocycles. The quantitative estimate of drug-likeness (QED) is 0.132. The number of imidazole rings is 1. The highest BCUT2D eigenvalue weighted by atomic mass is 32.2. The number of aromatic nitrogens is 4. The molecular formula is C35H52N4O8SSi. The van der Waals surface area contributed by atoms with Crippen molar-refractivity contribution in [3.05, 3.63) is 41.5 Å². The molecular weight excluding hydrogens is 665 g/mol. The molecule has 4 heterocycles. The molecule has 0 radical (unpaired) electrons. The van der Waals surface area contributed by atoms with E-state index in [1.54, 1.807) is 4.57 Å². The second-order valence-electron chi connectivity index (χ2n) is 16.2. The Labute approximate surface area is 291 Å². The number of carbonyl (C=O) groups is 1. The van der Waals surface area contributed by atoms with Gasteiger partial charge in [0.1, 0.15) is 23.4 Å². The van der Waals surface area contributed by atoms with Crippen molar-refractivity contribution in [1.29, 1.82) is 0 Å². The fraction of sp³-hybridized carbons (Fsp3) is 0.657. The third kappa shape index (κ3) is 6.66. The molecule has 2 aromatic heterocycles. The minimum atomic E-state index is -4.37. The number of esters is 1. The van der Waals surface area contributed by atoms with Crippen LogP contribution in [0.1, 0.15) is 131 Å². The Hall–Kier alpha value is -2.91. The van der Waals surface area contributed by atoms with E-state index in [2.05, 4.69) is 70.3 Å². The van der Waals surface area contributed by atoms with Gasteiger partial charge in [0.25, 0.3) is 5.88 Å². The van der Waals surface area contributed by atoms with Crippen molar-refractivity contribution < 1.29 is 35.7 Å². The normalized spacial score (nSPS) is 23.0. The zero-order valence-electron chi connectivity index (χ0n) is 31.0. The third-order valence-electron chi connectivity index (χ3n) is 9.43. The summed E-state index contributed by atoms with van der Waals surface area (Å²) in [7, 11) is -7.31. The summed E-state index contributed by atoms with van der Waals surface area (Å²) < 4.78 is 61.7. The van der Waals surface area contributed by atoms with E-state index < -0.39 is 49.2 Å². The van der Waals surface area contributed by atoms with E-state index in [0.717, 1.165) is 5.56 Å². The Morgan fingerprint density at radius 3 is 2.04 bits per heavy atom. The molecule has 270 valence electrons. The zero-order chi connectivity index (χ0) is 36.4. The lowest BCUT2D eigenvalue weighted by Crippen LogP contribution is -2.65. The second kappa shape index (κ2) is 13.0. The molecule has 0 unspecified atom stereocenters. The van der Waals surface area contributed by atoms with Gasteiger partial charge in [-0.15, -0.1) is 0 Å². The van der Waals surface area contributed by atoms with Crippen LogP contribution in [-0.4, -0.2) is 67.4 Å². The molecule has 5 rings (SSSR count). The van der Waals surface area contributed by atoms with E-state index in [4.69, 9.17) is 22.5 Å². The van der Waals surface area contributed by atoms with Gasteiger partial charge in [0.15, 0.2) is 23.5 Å². The summed E-state index contributed by atoms with van der Waals surface area (Å²) in [4.78, 5) is 25.8. The van der Waals surface area contributed by atoms with Crippen LogP contribution in [0, 0.1) is 0 Å². The van der Waals surface area contributed by atoms with Crippen LogP contribution in [0.5, 0.6) is 5.88 Å². The molecule has 0 amide bonds. The summed E-state index contributed by atoms with van der Waals surface area (Å²) in [6.07, 6.45) is -0.203. The van der Waals surface area contributed by atoms with Gasteiger partial charge in [-0.05, 0) is 34.4 Å². The molecule has 0 N–H and O–H groups in total. The van der Waals surface area contributed by atoms with Gasteiger partial charge < -0.3 is 22.5 Å². The molecule has 3 aromatic rings. The van der Waals surface area contributed by atoms with Gasteiger partial charge >= 0.3 is 24.6 Å². The molecule has 0 spiro atoms. The van der Waals surface area contributed by atoms with Crippen molar-refractivity contribution in [2.45, 2.75) is 147 Å². The first-order valence-corrected chi connectivity index (χ1v) is 20.3. The summed E-state index contributed by atoms with van der Waals surface area (Å²) in [5.41, 5.74) is 2.80. The molecule has 0 bridgehead atoms. The average molecular weight is 717 g/mol. The standard InChI is InChI=1S/C35H52N4O8SSi/c1-19(2)23-14-24(20(3)4)30(25(15-23)21(5)6)48(41,42)46-32-27-31(36-17-37-32)39(18-38-27)33-29(44-22(7)40)28-26(45-33)16-43-49(47-28,34(8,9)10)35(11,12)13/h14-15,17-21,26,28-29,33H,16H2,1-13H3/t26-,28-,29-,33-/m1/s1. The lowest BCUT2D eigenvalue weighted by atomic mass is 9.89. The van der Waals surface area contributed by atoms with Crippen LogP contribution < -0.4 is 4.18 Å². The van der Waals surface area contributed by atoms with Crippen LogP contribution in [0.15, 0.2) is 29.7 Å². The molecule has 49 heavy (non-hydrogen) atoms. The molecule has 0 aliphatic carbocycles. The number of fused-ring (bicyclic) bond motifs is 2. The predicted octanol–water partition coefficient (Wildman–Crippen LogP) is 7.25. The van der Waals surface area contributed by atoms with Crippen LogP contribution in [0.3, 0.4) is 0 Å². The Balaban J connectivity index is 1.56. The molecule has 2 fully saturated rings. The fourth-order valence-electron chi connectivity index (χ4n) is 7.26. The maximum Gasteiger partial charge on any atom is 0.349 e. The molecule has 14 heteroatoms. The van der Waals surface area contributed by atoms with Gasteiger partial charge in [-0.2, -0.15) is 13.4 Å². The first-order valence-electron chi connectivity index (χ1n) is 17.0. The largest absolute Gasteiger partial charge is 0.455 e. The molecule has 12 nitrogen and oxygen atoms in total. The van der Waals surface area contributed by atoms with Gasteiger partial charge in [-0.25, -0.2) is 9.97 Å². The SMILES string of the molecule is CC(=O)O[C@@H]1[C@@H]2O[Si](C(C)(C)C)(C(C)(C)C)OC[C@H]2O[C@H]1n1cnc2c(OS(=O)(=O)c3c(C(C)C)cc(C(C)C)cc3C(C)C)ncnc21. The van der Waals surface area contributed by atoms with Crippen LogP contribution in [0.4, 0.5) is 0 Å². The number of nitrogens with zero attached hydrogens (tertiary/aromatic N) is 4. The van der Waals surface area contributed by atoms with Crippen molar-refractivity contribution in [2.75, 3.05) is 6.61 Å². The summed E-state index contributed by atoms with van der Waals surface area (Å²) in [6.45, 7) is 26.3. The van der Waals surface area contributed by atoms with Crippen LogP contribution in [0.25, 0.3) is 11.2 Å². The van der Waals surface area contributed by atoms with E-state index in [0.29, 0.717) is 11.1 Å². The summed E-state index contributed by atoms with van der Waals surface area (Å²) in [5, 5.41) is -0.608. The van der Waals surface area contributed by atoms with Gasteiger partial charge in [0, 0.05) is 17.0 Å². The summed E-state index contributed by atoms with van der Waals surface area (Å²) >= 11 is 0. The Kier molecular flexibility index (Phi) is 9.91. The van der Waals surface area contributed by atoms with Gasteiger partial charge in [-0.1, -0.05) is 95.2 Å². The minimum absolute atomic E-state index is 0.0833. The maximum atomic E-state index is 14.2. The predicted molar refractivity (Wildman–Crippen MR) is 187 cm³/mol. The topological polar surface area (TPSA) is 141 Å². The van der Waals surface area contributed by atoms with Crippen LogP contribution >= 0.6 is 0 Å².